The van der Waals surface area contributed by atoms with Gasteiger partial charge in [-0.3, -0.25) is 4.79 Å². The second-order valence-corrected chi connectivity index (χ2v) is 8.59. The summed E-state index contributed by atoms with van der Waals surface area (Å²) in [6, 6.07) is 9.36. The maximum Gasteiger partial charge on any atom is 0.257 e. The van der Waals surface area contributed by atoms with E-state index in [9.17, 15) is 4.79 Å². The van der Waals surface area contributed by atoms with Crippen LogP contribution in [-0.4, -0.2) is 25.7 Å². The molecule has 32 heavy (non-hydrogen) atoms. The summed E-state index contributed by atoms with van der Waals surface area (Å²) < 4.78 is 13.4. The Hall–Kier alpha value is -2.27. The molecule has 1 heterocycles. The van der Waals surface area contributed by atoms with E-state index in [0.29, 0.717) is 23.9 Å². The largest absolute Gasteiger partial charge is 0.494 e. The Morgan fingerprint density at radius 1 is 1.03 bits per heavy atom. The molecule has 0 saturated carbocycles. The first kappa shape index (κ1) is 26.0. The monoisotopic (exact) mass is 461 g/mol. The maximum atomic E-state index is 12.0. The minimum absolute atomic E-state index is 0.0687. The summed E-state index contributed by atoms with van der Waals surface area (Å²) in [7, 11) is 1.98. The highest BCUT2D eigenvalue weighted by Crippen LogP contribution is 2.29. The van der Waals surface area contributed by atoms with Gasteiger partial charge in [0.15, 0.2) is 19.0 Å². The average Bonchev–Trinajstić information content (AvgIpc) is 2.77. The molecule has 0 radical (unpaired) electrons. The number of pyridine rings is 1. The molecule has 1 amide bonds. The first-order chi connectivity index (χ1) is 15.6. The van der Waals surface area contributed by atoms with E-state index in [1.165, 1.54) is 50.5 Å². The van der Waals surface area contributed by atoms with Gasteiger partial charge >= 0.3 is 0 Å². The predicted molar refractivity (Wildman–Crippen MR) is 129 cm³/mol. The number of hydrogen-bond acceptors (Lipinski definition) is 3. The SMILES string of the molecule is CCCCCCCCCCOc1ccc(OCC(=O)NCCc2ccc[n+](C)c2)c(Cl)c1. The predicted octanol–water partition coefficient (Wildman–Crippen LogP) is 5.42. The molecule has 0 saturated heterocycles. The van der Waals surface area contributed by atoms with Crippen molar-refractivity contribution < 1.29 is 18.8 Å². The van der Waals surface area contributed by atoms with Crippen molar-refractivity contribution in [1.82, 2.24) is 5.32 Å². The van der Waals surface area contributed by atoms with Gasteiger partial charge in [0.25, 0.3) is 5.91 Å². The molecule has 0 spiro atoms. The molecule has 0 atom stereocenters. The van der Waals surface area contributed by atoms with Gasteiger partial charge in [0.2, 0.25) is 0 Å². The zero-order valence-electron chi connectivity index (χ0n) is 19.6. The number of hydrogen-bond donors (Lipinski definition) is 1. The third kappa shape index (κ3) is 10.9. The highest BCUT2D eigenvalue weighted by molar-refractivity contribution is 6.32. The molecule has 0 aliphatic rings. The number of aromatic nitrogens is 1. The van der Waals surface area contributed by atoms with Gasteiger partial charge in [-0.2, -0.15) is 0 Å². The second kappa shape index (κ2) is 15.5. The van der Waals surface area contributed by atoms with E-state index in [-0.39, 0.29) is 12.5 Å². The Morgan fingerprint density at radius 3 is 2.50 bits per heavy atom. The highest BCUT2D eigenvalue weighted by Gasteiger charge is 2.08. The number of nitrogens with one attached hydrogen (secondary N) is 1. The molecule has 2 rings (SSSR count). The standard InChI is InChI=1S/C26H37ClN2O3/c1-3-4-5-6-7-8-9-10-18-31-23-13-14-25(24(27)19-23)32-21-26(30)28-16-15-22-12-11-17-29(2)20-22/h11-14,17,19-20H,3-10,15-16,18,21H2,1-2H3/p+1. The topological polar surface area (TPSA) is 51.4 Å². The summed E-state index contributed by atoms with van der Waals surface area (Å²) in [6.07, 6.45) is 15.0. The maximum absolute atomic E-state index is 12.0. The van der Waals surface area contributed by atoms with Crippen molar-refractivity contribution in [3.05, 3.63) is 53.3 Å². The van der Waals surface area contributed by atoms with E-state index in [1.807, 2.05) is 42.2 Å². The van der Waals surface area contributed by atoms with Crippen LogP contribution in [-0.2, 0) is 18.3 Å². The van der Waals surface area contributed by atoms with Gasteiger partial charge in [0.05, 0.1) is 11.6 Å². The van der Waals surface area contributed by atoms with Gasteiger partial charge in [-0.15, -0.1) is 0 Å². The van der Waals surface area contributed by atoms with Crippen LogP contribution in [0.4, 0.5) is 0 Å². The number of rotatable bonds is 16. The van der Waals surface area contributed by atoms with Crippen LogP contribution in [0, 0.1) is 0 Å². The first-order valence-corrected chi connectivity index (χ1v) is 12.2. The lowest BCUT2D eigenvalue weighted by Gasteiger charge is -2.11. The van der Waals surface area contributed by atoms with Crippen molar-refractivity contribution in [2.24, 2.45) is 7.05 Å². The zero-order valence-corrected chi connectivity index (χ0v) is 20.3. The second-order valence-electron chi connectivity index (χ2n) is 8.18. The number of carbonyl (C=O) groups excluding carboxylic acids is 1. The van der Waals surface area contributed by atoms with E-state index in [0.717, 1.165) is 18.6 Å². The molecule has 0 fully saturated rings. The number of aryl methyl sites for hydroxylation is 1. The quantitative estimate of drug-likeness (QED) is 0.268. The van der Waals surface area contributed by atoms with Crippen LogP contribution >= 0.6 is 11.6 Å². The Kier molecular flexibility index (Phi) is 12.6. The van der Waals surface area contributed by atoms with Gasteiger partial charge < -0.3 is 14.8 Å². The van der Waals surface area contributed by atoms with Crippen LogP contribution in [0.15, 0.2) is 42.7 Å². The number of nitrogens with zero attached hydrogens (tertiary/aromatic N) is 1. The van der Waals surface area contributed by atoms with Crippen molar-refractivity contribution in [3.63, 3.8) is 0 Å². The van der Waals surface area contributed by atoms with Gasteiger partial charge in [0, 0.05) is 24.2 Å². The summed E-state index contributed by atoms with van der Waals surface area (Å²) in [6.45, 7) is 3.42. The van der Waals surface area contributed by atoms with Crippen LogP contribution in [0.2, 0.25) is 5.02 Å². The third-order valence-corrected chi connectivity index (χ3v) is 5.56. The minimum atomic E-state index is -0.170. The van der Waals surface area contributed by atoms with Gasteiger partial charge in [-0.05, 0) is 31.0 Å². The van der Waals surface area contributed by atoms with Crippen molar-refractivity contribution in [2.75, 3.05) is 19.8 Å². The average molecular weight is 462 g/mol. The normalized spacial score (nSPS) is 10.7. The van der Waals surface area contributed by atoms with Crippen LogP contribution in [0.25, 0.3) is 0 Å². The Morgan fingerprint density at radius 2 is 1.78 bits per heavy atom. The Bertz CT molecular complexity index is 813. The number of amides is 1. The molecule has 6 heteroatoms. The number of ether oxygens (including phenoxy) is 2. The highest BCUT2D eigenvalue weighted by atomic mass is 35.5. The molecule has 1 aromatic carbocycles. The fraction of sp³-hybridized carbons (Fsp3) is 0.538. The molecule has 1 aromatic heterocycles. The Balaban J connectivity index is 1.59. The molecule has 2 aromatic rings. The van der Waals surface area contributed by atoms with E-state index in [1.54, 1.807) is 12.1 Å². The summed E-state index contributed by atoms with van der Waals surface area (Å²) in [5.41, 5.74) is 1.17. The fourth-order valence-electron chi connectivity index (χ4n) is 3.45. The summed E-state index contributed by atoms with van der Waals surface area (Å²) >= 11 is 6.30. The van der Waals surface area contributed by atoms with Gasteiger partial charge in [-0.25, -0.2) is 4.57 Å². The summed E-state index contributed by atoms with van der Waals surface area (Å²) in [4.78, 5) is 12.0. The lowest BCUT2D eigenvalue weighted by Crippen LogP contribution is -2.31. The summed E-state index contributed by atoms with van der Waals surface area (Å²) in [5.74, 6) is 1.04. The number of unbranched alkanes of at least 4 members (excludes halogenated alkanes) is 7. The molecule has 0 bridgehead atoms. The van der Waals surface area contributed by atoms with E-state index >= 15 is 0 Å². The van der Waals surface area contributed by atoms with Gasteiger partial charge in [-0.1, -0.05) is 63.5 Å². The molecule has 0 aliphatic heterocycles. The fourth-order valence-corrected chi connectivity index (χ4v) is 3.68. The summed E-state index contributed by atoms with van der Waals surface area (Å²) in [5, 5.41) is 3.32. The molecule has 0 aliphatic carbocycles. The Labute approximate surface area is 198 Å². The smallest absolute Gasteiger partial charge is 0.257 e. The van der Waals surface area contributed by atoms with Crippen LogP contribution in [0.5, 0.6) is 11.5 Å². The lowest BCUT2D eigenvalue weighted by molar-refractivity contribution is -0.671. The first-order valence-electron chi connectivity index (χ1n) is 11.8. The number of carbonyl (C=O) groups is 1. The molecular formula is C26H38ClN2O3+. The van der Waals surface area contributed by atoms with Crippen LogP contribution < -0.4 is 19.4 Å². The lowest BCUT2D eigenvalue weighted by atomic mass is 10.1. The number of benzene rings is 1. The van der Waals surface area contributed by atoms with Crippen molar-refractivity contribution in [2.45, 2.75) is 64.7 Å². The molecule has 0 unspecified atom stereocenters. The van der Waals surface area contributed by atoms with Crippen molar-refractivity contribution in [3.8, 4) is 11.5 Å². The van der Waals surface area contributed by atoms with E-state index < -0.39 is 0 Å². The zero-order chi connectivity index (χ0) is 23.0. The molecule has 176 valence electrons. The molecular weight excluding hydrogens is 424 g/mol. The van der Waals surface area contributed by atoms with Crippen LogP contribution in [0.1, 0.15) is 63.9 Å². The van der Waals surface area contributed by atoms with E-state index in [2.05, 4.69) is 12.2 Å². The van der Waals surface area contributed by atoms with E-state index in [4.69, 9.17) is 21.1 Å². The van der Waals surface area contributed by atoms with Crippen molar-refractivity contribution >= 4 is 17.5 Å². The minimum Gasteiger partial charge on any atom is -0.494 e. The molecule has 1 N–H and O–H groups in total. The third-order valence-electron chi connectivity index (χ3n) is 5.27. The van der Waals surface area contributed by atoms with Crippen molar-refractivity contribution in [1.29, 1.82) is 0 Å². The molecule has 5 nitrogen and oxygen atoms in total. The van der Waals surface area contributed by atoms with Gasteiger partial charge in [0.1, 0.15) is 18.5 Å². The number of halogens is 1. The van der Waals surface area contributed by atoms with Crippen LogP contribution in [0.3, 0.4) is 0 Å².